The van der Waals surface area contributed by atoms with E-state index in [1.54, 1.807) is 18.2 Å². The summed E-state index contributed by atoms with van der Waals surface area (Å²) in [6.07, 6.45) is 2.73. The Balaban J connectivity index is 1.45. The minimum Gasteiger partial charge on any atom is -0.395 e. The van der Waals surface area contributed by atoms with Crippen molar-refractivity contribution in [3.63, 3.8) is 0 Å². The fourth-order valence-electron chi connectivity index (χ4n) is 3.42. The normalized spacial score (nSPS) is 16.4. The number of likely N-dealkylation sites (tertiary alicyclic amines) is 1. The van der Waals surface area contributed by atoms with Crippen LogP contribution in [0.3, 0.4) is 0 Å². The van der Waals surface area contributed by atoms with E-state index in [9.17, 15) is 9.59 Å². The largest absolute Gasteiger partial charge is 0.395 e. The summed E-state index contributed by atoms with van der Waals surface area (Å²) in [5.74, 6) is 0.965. The van der Waals surface area contributed by atoms with Gasteiger partial charge in [-0.3, -0.25) is 9.59 Å². The molecule has 1 saturated heterocycles. The molecule has 0 saturated carbocycles. The highest BCUT2D eigenvalue weighted by Crippen LogP contribution is 2.22. The summed E-state index contributed by atoms with van der Waals surface area (Å²) in [7, 11) is 0. The second-order valence-corrected chi connectivity index (χ2v) is 7.38. The van der Waals surface area contributed by atoms with Gasteiger partial charge in [0.25, 0.3) is 5.91 Å². The Morgan fingerprint density at radius 3 is 2.79 bits per heavy atom. The summed E-state index contributed by atoms with van der Waals surface area (Å²) in [5.41, 5.74) is 1.72. The monoisotopic (exact) mass is 405 g/mol. The molecule has 7 nitrogen and oxygen atoms in total. The van der Waals surface area contributed by atoms with Crippen LogP contribution in [0, 0.1) is 5.92 Å². The van der Waals surface area contributed by atoms with E-state index >= 15 is 0 Å². The summed E-state index contributed by atoms with van der Waals surface area (Å²) in [6, 6.07) is 9.12. The van der Waals surface area contributed by atoms with Crippen LogP contribution in [0.25, 0.3) is 0 Å². The highest BCUT2D eigenvalue weighted by atomic mass is 35.5. The number of nitrogens with zero attached hydrogens (tertiary/aromatic N) is 2. The van der Waals surface area contributed by atoms with Crippen LogP contribution in [0.1, 0.15) is 34.5 Å². The molecular weight excluding hydrogens is 382 g/mol. The second kappa shape index (κ2) is 9.71. The lowest BCUT2D eigenvalue weighted by atomic mass is 9.98. The van der Waals surface area contributed by atoms with E-state index in [-0.39, 0.29) is 25.0 Å². The van der Waals surface area contributed by atoms with Gasteiger partial charge in [-0.2, -0.15) is 0 Å². The minimum absolute atomic E-state index is 0.0765. The Labute approximate surface area is 168 Å². The maximum absolute atomic E-state index is 12.4. The van der Waals surface area contributed by atoms with Crippen LogP contribution in [0.4, 0.5) is 0 Å². The molecular formula is C20H24ClN3O4. The Morgan fingerprint density at radius 1 is 1.32 bits per heavy atom. The predicted molar refractivity (Wildman–Crippen MR) is 104 cm³/mol. The molecule has 8 heteroatoms. The molecule has 2 amide bonds. The summed E-state index contributed by atoms with van der Waals surface area (Å²) in [6.45, 7) is 1.68. The first-order valence-electron chi connectivity index (χ1n) is 9.42. The van der Waals surface area contributed by atoms with Gasteiger partial charge in [0, 0.05) is 44.1 Å². The molecule has 1 aliphatic heterocycles. The number of aromatic nitrogens is 1. The van der Waals surface area contributed by atoms with Crippen molar-refractivity contribution in [1.29, 1.82) is 0 Å². The van der Waals surface area contributed by atoms with Gasteiger partial charge in [0.2, 0.25) is 5.91 Å². The molecule has 1 aromatic carbocycles. The van der Waals surface area contributed by atoms with Gasteiger partial charge in [0.1, 0.15) is 5.76 Å². The van der Waals surface area contributed by atoms with Gasteiger partial charge in [-0.15, -0.1) is 0 Å². The average Bonchev–Trinajstić information content (AvgIpc) is 3.34. The van der Waals surface area contributed by atoms with E-state index in [2.05, 4.69) is 10.5 Å². The zero-order valence-electron chi connectivity index (χ0n) is 15.6. The lowest BCUT2D eigenvalue weighted by molar-refractivity contribution is -0.130. The third-order valence-electron chi connectivity index (χ3n) is 4.89. The highest BCUT2D eigenvalue weighted by Gasteiger charge is 2.26. The van der Waals surface area contributed by atoms with Gasteiger partial charge < -0.3 is 19.8 Å². The summed E-state index contributed by atoms with van der Waals surface area (Å²) < 4.78 is 5.03. The van der Waals surface area contributed by atoms with Crippen LogP contribution < -0.4 is 5.32 Å². The van der Waals surface area contributed by atoms with Gasteiger partial charge in [0.05, 0.1) is 6.61 Å². The highest BCUT2D eigenvalue weighted by molar-refractivity contribution is 6.29. The number of carbonyl (C=O) groups is 2. The smallest absolute Gasteiger partial charge is 0.251 e. The van der Waals surface area contributed by atoms with Crippen LogP contribution in [-0.4, -0.2) is 53.2 Å². The molecule has 2 heterocycles. The van der Waals surface area contributed by atoms with Crippen molar-refractivity contribution in [1.82, 2.24) is 15.4 Å². The molecule has 1 aromatic heterocycles. The Bertz CT molecular complexity index is 806. The topological polar surface area (TPSA) is 95.7 Å². The number of carbonyl (C=O) groups excluding carboxylic acids is 2. The van der Waals surface area contributed by atoms with E-state index in [1.807, 2.05) is 17.0 Å². The van der Waals surface area contributed by atoms with Crippen molar-refractivity contribution in [3.05, 3.63) is 52.4 Å². The van der Waals surface area contributed by atoms with E-state index < -0.39 is 0 Å². The quantitative estimate of drug-likeness (QED) is 0.701. The van der Waals surface area contributed by atoms with Crippen molar-refractivity contribution in [3.8, 4) is 0 Å². The average molecular weight is 406 g/mol. The van der Waals surface area contributed by atoms with E-state index in [4.69, 9.17) is 21.2 Å². The molecule has 0 radical (unpaired) electrons. The number of aliphatic hydroxyl groups excluding tert-OH is 1. The molecule has 28 heavy (non-hydrogen) atoms. The molecule has 0 spiro atoms. The maximum atomic E-state index is 12.4. The lowest BCUT2D eigenvalue weighted by Gasteiger charge is -2.16. The first-order chi connectivity index (χ1) is 13.5. The molecule has 1 unspecified atom stereocenters. The molecule has 2 N–H and O–H groups in total. The second-order valence-electron chi connectivity index (χ2n) is 6.99. The minimum atomic E-state index is -0.189. The zero-order valence-corrected chi connectivity index (χ0v) is 16.3. The number of aryl methyl sites for hydroxylation is 1. The predicted octanol–water partition coefficient (Wildman–Crippen LogP) is 2.07. The van der Waals surface area contributed by atoms with Crippen molar-refractivity contribution < 1.29 is 19.2 Å². The van der Waals surface area contributed by atoms with Crippen LogP contribution in [0.2, 0.25) is 5.15 Å². The maximum Gasteiger partial charge on any atom is 0.251 e. The Kier molecular flexibility index (Phi) is 7.06. The first kappa shape index (κ1) is 20.4. The van der Waals surface area contributed by atoms with Crippen LogP contribution >= 0.6 is 11.6 Å². The number of aliphatic hydroxyl groups is 1. The molecule has 0 bridgehead atoms. The number of nitrogens with one attached hydrogen (secondary N) is 1. The third kappa shape index (κ3) is 5.56. The van der Waals surface area contributed by atoms with Crippen LogP contribution in [-0.2, 0) is 17.6 Å². The summed E-state index contributed by atoms with van der Waals surface area (Å²) in [4.78, 5) is 26.2. The Morgan fingerprint density at radius 2 is 2.11 bits per heavy atom. The summed E-state index contributed by atoms with van der Waals surface area (Å²) in [5, 5.41) is 15.3. The van der Waals surface area contributed by atoms with E-state index in [0.29, 0.717) is 35.2 Å². The molecule has 2 aromatic rings. The molecule has 1 aliphatic rings. The van der Waals surface area contributed by atoms with Crippen LogP contribution in [0.5, 0.6) is 0 Å². The molecule has 1 fully saturated rings. The van der Waals surface area contributed by atoms with Crippen molar-refractivity contribution in [2.45, 2.75) is 25.7 Å². The van der Waals surface area contributed by atoms with Crippen molar-refractivity contribution >= 4 is 23.4 Å². The number of hydrogen-bond acceptors (Lipinski definition) is 5. The SMILES string of the molecule is O=C(NCCO)c1ccc(CC2CCN(C(=O)CCc3cc(Cl)no3)C2)cc1. The standard InChI is InChI=1S/C20H24ClN3O4/c21-18-12-17(28-23-18)5-6-19(26)24-9-7-15(13-24)11-14-1-3-16(4-2-14)20(27)22-8-10-25/h1-4,12,15,25H,5-11,13H2,(H,22,27). The van der Waals surface area contributed by atoms with Gasteiger partial charge in [-0.1, -0.05) is 28.9 Å². The van der Waals surface area contributed by atoms with Gasteiger partial charge in [-0.25, -0.2) is 0 Å². The fourth-order valence-corrected chi connectivity index (χ4v) is 3.57. The Hall–Kier alpha value is -2.38. The number of rotatable bonds is 8. The zero-order chi connectivity index (χ0) is 19.9. The van der Waals surface area contributed by atoms with Gasteiger partial charge in [0.15, 0.2) is 5.15 Å². The number of hydrogen-bond donors (Lipinski definition) is 2. The molecule has 3 rings (SSSR count). The molecule has 1 atom stereocenters. The summed E-state index contributed by atoms with van der Waals surface area (Å²) >= 11 is 5.72. The number of halogens is 1. The van der Waals surface area contributed by atoms with Gasteiger partial charge >= 0.3 is 0 Å². The fraction of sp³-hybridized carbons (Fsp3) is 0.450. The van der Waals surface area contributed by atoms with Crippen molar-refractivity contribution in [2.75, 3.05) is 26.2 Å². The molecule has 150 valence electrons. The third-order valence-corrected chi connectivity index (χ3v) is 5.07. The van der Waals surface area contributed by atoms with Gasteiger partial charge in [-0.05, 0) is 36.5 Å². The van der Waals surface area contributed by atoms with E-state index in [1.165, 1.54) is 0 Å². The molecule has 0 aliphatic carbocycles. The van der Waals surface area contributed by atoms with E-state index in [0.717, 1.165) is 31.5 Å². The van der Waals surface area contributed by atoms with Crippen LogP contribution in [0.15, 0.2) is 34.9 Å². The number of benzene rings is 1. The number of amides is 2. The lowest BCUT2D eigenvalue weighted by Crippen LogP contribution is -2.29. The van der Waals surface area contributed by atoms with Crippen molar-refractivity contribution in [2.24, 2.45) is 5.92 Å². The first-order valence-corrected chi connectivity index (χ1v) is 9.80.